The van der Waals surface area contributed by atoms with E-state index in [9.17, 15) is 4.79 Å². The first-order chi connectivity index (χ1) is 10.5. The lowest BCUT2D eigenvalue weighted by atomic mass is 10.0. The Kier molecular flexibility index (Phi) is 5.21. The predicted octanol–water partition coefficient (Wildman–Crippen LogP) is 3.94. The molecular formula is C19H23NO2. The maximum atomic E-state index is 12.3. The van der Waals surface area contributed by atoms with E-state index in [1.54, 1.807) is 0 Å². The monoisotopic (exact) mass is 297 g/mol. The van der Waals surface area contributed by atoms with Gasteiger partial charge in [0, 0.05) is 12.1 Å². The summed E-state index contributed by atoms with van der Waals surface area (Å²) in [6, 6.07) is 11.8. The Morgan fingerprint density at radius 2 is 1.64 bits per heavy atom. The van der Waals surface area contributed by atoms with Crippen LogP contribution in [0.2, 0.25) is 0 Å². The van der Waals surface area contributed by atoms with Gasteiger partial charge in [-0.05, 0) is 68.1 Å². The van der Waals surface area contributed by atoms with E-state index < -0.39 is 0 Å². The Balaban J connectivity index is 2.02. The molecule has 0 saturated heterocycles. The molecule has 3 heteroatoms. The second kappa shape index (κ2) is 7.12. The van der Waals surface area contributed by atoms with Crippen molar-refractivity contribution < 1.29 is 9.53 Å². The number of nitrogens with one attached hydrogen (secondary N) is 1. The first kappa shape index (κ1) is 16.1. The van der Waals surface area contributed by atoms with Gasteiger partial charge < -0.3 is 10.1 Å². The Hall–Kier alpha value is -2.29. The van der Waals surface area contributed by atoms with Crippen LogP contribution in [0.25, 0.3) is 0 Å². The fourth-order valence-corrected chi connectivity index (χ4v) is 2.35. The lowest BCUT2D eigenvalue weighted by Crippen LogP contribution is -2.23. The number of carbonyl (C=O) groups is 1. The van der Waals surface area contributed by atoms with Crippen molar-refractivity contribution in [1.82, 2.24) is 5.32 Å². The number of hydrogen-bond donors (Lipinski definition) is 1. The summed E-state index contributed by atoms with van der Waals surface area (Å²) < 4.78 is 5.41. The summed E-state index contributed by atoms with van der Waals surface area (Å²) in [7, 11) is 0. The van der Waals surface area contributed by atoms with Crippen LogP contribution in [-0.2, 0) is 6.54 Å². The van der Waals surface area contributed by atoms with E-state index >= 15 is 0 Å². The van der Waals surface area contributed by atoms with Gasteiger partial charge in [-0.3, -0.25) is 4.79 Å². The Morgan fingerprint density at radius 3 is 2.27 bits per heavy atom. The van der Waals surface area contributed by atoms with Gasteiger partial charge in [0.25, 0.3) is 5.91 Å². The number of carbonyl (C=O) groups excluding carboxylic acids is 1. The summed E-state index contributed by atoms with van der Waals surface area (Å²) in [6.07, 6.45) is 0. The van der Waals surface area contributed by atoms with E-state index in [2.05, 4.69) is 18.3 Å². The van der Waals surface area contributed by atoms with Gasteiger partial charge in [0.2, 0.25) is 0 Å². The molecule has 0 spiro atoms. The fourth-order valence-electron chi connectivity index (χ4n) is 2.35. The molecule has 0 aliphatic rings. The fraction of sp³-hybridized carbons (Fsp3) is 0.316. The number of hydrogen-bond acceptors (Lipinski definition) is 2. The zero-order valence-corrected chi connectivity index (χ0v) is 13.7. The van der Waals surface area contributed by atoms with E-state index in [-0.39, 0.29) is 5.91 Å². The van der Waals surface area contributed by atoms with E-state index in [1.807, 2.05) is 51.1 Å². The molecule has 3 nitrogen and oxygen atoms in total. The number of aryl methyl sites for hydroxylation is 3. The molecule has 1 N–H and O–H groups in total. The Bertz CT molecular complexity index is 660. The van der Waals surface area contributed by atoms with Crippen LogP contribution >= 0.6 is 0 Å². The van der Waals surface area contributed by atoms with Crippen LogP contribution < -0.4 is 10.1 Å². The third-order valence-electron chi connectivity index (χ3n) is 3.77. The van der Waals surface area contributed by atoms with E-state index in [1.165, 1.54) is 5.56 Å². The topological polar surface area (TPSA) is 38.3 Å². The van der Waals surface area contributed by atoms with Gasteiger partial charge in [-0.1, -0.05) is 18.2 Å². The SMILES string of the molecule is CCOc1ccc(CNC(=O)c2cc(C)c(C)cc2C)cc1. The highest BCUT2D eigenvalue weighted by Crippen LogP contribution is 2.16. The van der Waals surface area contributed by atoms with Crippen LogP contribution in [-0.4, -0.2) is 12.5 Å². The van der Waals surface area contributed by atoms with Gasteiger partial charge in [0.1, 0.15) is 5.75 Å². The highest BCUT2D eigenvalue weighted by Gasteiger charge is 2.10. The summed E-state index contributed by atoms with van der Waals surface area (Å²) in [6.45, 7) is 9.18. The third-order valence-corrected chi connectivity index (χ3v) is 3.77. The summed E-state index contributed by atoms with van der Waals surface area (Å²) in [4.78, 5) is 12.3. The molecule has 0 aliphatic heterocycles. The van der Waals surface area contributed by atoms with Crippen molar-refractivity contribution in [1.29, 1.82) is 0 Å². The minimum absolute atomic E-state index is 0.0329. The average molecular weight is 297 g/mol. The molecule has 2 aromatic rings. The molecule has 0 atom stereocenters. The largest absolute Gasteiger partial charge is 0.494 e. The van der Waals surface area contributed by atoms with Gasteiger partial charge in [0.15, 0.2) is 0 Å². The van der Waals surface area contributed by atoms with Gasteiger partial charge in [-0.25, -0.2) is 0 Å². The van der Waals surface area contributed by atoms with Crippen LogP contribution in [0.4, 0.5) is 0 Å². The zero-order valence-electron chi connectivity index (χ0n) is 13.7. The minimum Gasteiger partial charge on any atom is -0.494 e. The normalized spacial score (nSPS) is 10.4. The van der Waals surface area contributed by atoms with Crippen LogP contribution in [0.5, 0.6) is 5.75 Å². The van der Waals surface area contributed by atoms with Crippen LogP contribution in [0, 0.1) is 20.8 Å². The van der Waals surface area contributed by atoms with E-state index in [0.29, 0.717) is 13.2 Å². The molecule has 0 aromatic heterocycles. The Morgan fingerprint density at radius 1 is 1.00 bits per heavy atom. The maximum Gasteiger partial charge on any atom is 0.251 e. The lowest BCUT2D eigenvalue weighted by Gasteiger charge is -2.11. The molecule has 2 rings (SSSR count). The van der Waals surface area contributed by atoms with Gasteiger partial charge in [0.05, 0.1) is 6.61 Å². The van der Waals surface area contributed by atoms with Crippen LogP contribution in [0.15, 0.2) is 36.4 Å². The van der Waals surface area contributed by atoms with Crippen LogP contribution in [0.3, 0.4) is 0 Å². The summed E-state index contributed by atoms with van der Waals surface area (Å²) >= 11 is 0. The highest BCUT2D eigenvalue weighted by molar-refractivity contribution is 5.95. The number of ether oxygens (including phenoxy) is 1. The first-order valence-electron chi connectivity index (χ1n) is 7.59. The van der Waals surface area contributed by atoms with Crippen molar-refractivity contribution in [3.8, 4) is 5.75 Å². The smallest absolute Gasteiger partial charge is 0.251 e. The molecule has 22 heavy (non-hydrogen) atoms. The quantitative estimate of drug-likeness (QED) is 0.907. The Labute approximate surface area is 132 Å². The highest BCUT2D eigenvalue weighted by atomic mass is 16.5. The number of benzene rings is 2. The third kappa shape index (κ3) is 3.88. The zero-order chi connectivity index (χ0) is 16.1. The molecule has 0 heterocycles. The molecule has 0 radical (unpaired) electrons. The first-order valence-corrected chi connectivity index (χ1v) is 7.59. The van der Waals surface area contributed by atoms with Crippen molar-refractivity contribution in [3.05, 3.63) is 64.2 Å². The van der Waals surface area contributed by atoms with Crippen molar-refractivity contribution >= 4 is 5.91 Å². The molecule has 0 saturated carbocycles. The lowest BCUT2D eigenvalue weighted by molar-refractivity contribution is 0.0950. The minimum atomic E-state index is -0.0329. The summed E-state index contributed by atoms with van der Waals surface area (Å²) in [5.74, 6) is 0.817. The molecule has 0 unspecified atom stereocenters. The van der Waals surface area contributed by atoms with Gasteiger partial charge in [-0.2, -0.15) is 0 Å². The molecule has 0 aliphatic carbocycles. The molecule has 116 valence electrons. The standard InChI is InChI=1S/C19H23NO2/c1-5-22-17-8-6-16(7-9-17)12-20-19(21)18-11-14(3)13(2)10-15(18)4/h6-11H,5,12H2,1-4H3,(H,20,21). The van der Waals surface area contributed by atoms with Crippen LogP contribution in [0.1, 0.15) is 39.5 Å². The summed E-state index contributed by atoms with van der Waals surface area (Å²) in [5.41, 5.74) is 5.15. The van der Waals surface area contributed by atoms with E-state index in [0.717, 1.165) is 28.0 Å². The average Bonchev–Trinajstić information content (AvgIpc) is 2.50. The predicted molar refractivity (Wildman–Crippen MR) is 89.4 cm³/mol. The maximum absolute atomic E-state index is 12.3. The van der Waals surface area contributed by atoms with E-state index in [4.69, 9.17) is 4.74 Å². The molecule has 1 amide bonds. The van der Waals surface area contributed by atoms with Crippen molar-refractivity contribution in [2.45, 2.75) is 34.2 Å². The van der Waals surface area contributed by atoms with Gasteiger partial charge in [-0.15, -0.1) is 0 Å². The van der Waals surface area contributed by atoms with Crippen molar-refractivity contribution in [2.75, 3.05) is 6.61 Å². The second-order valence-corrected chi connectivity index (χ2v) is 5.51. The van der Waals surface area contributed by atoms with Gasteiger partial charge >= 0.3 is 0 Å². The second-order valence-electron chi connectivity index (χ2n) is 5.51. The molecule has 2 aromatic carbocycles. The van der Waals surface area contributed by atoms with Crippen molar-refractivity contribution in [3.63, 3.8) is 0 Å². The molecular weight excluding hydrogens is 274 g/mol. The number of rotatable bonds is 5. The number of amides is 1. The van der Waals surface area contributed by atoms with Crippen molar-refractivity contribution in [2.24, 2.45) is 0 Å². The molecule has 0 bridgehead atoms. The summed E-state index contributed by atoms with van der Waals surface area (Å²) in [5, 5.41) is 2.97. The molecule has 0 fully saturated rings.